The summed E-state index contributed by atoms with van der Waals surface area (Å²) in [6, 6.07) is 5.40. The second-order valence-electron chi connectivity index (χ2n) is 4.19. The lowest BCUT2D eigenvalue weighted by molar-refractivity contribution is 0.408. The Kier molecular flexibility index (Phi) is 6.27. The maximum Gasteiger partial charge on any atom is 0.144 e. The molecule has 18 heavy (non-hydrogen) atoms. The molecule has 0 aromatic carbocycles. The van der Waals surface area contributed by atoms with Crippen LogP contribution in [0.2, 0.25) is 0 Å². The molecule has 1 saturated heterocycles. The lowest BCUT2D eigenvalue weighted by Crippen LogP contribution is -2.32. The minimum Gasteiger partial charge on any atom is -0.316 e. The zero-order valence-electron chi connectivity index (χ0n) is 9.96. The van der Waals surface area contributed by atoms with Crippen molar-refractivity contribution in [2.45, 2.75) is 17.9 Å². The molecule has 0 amide bonds. The van der Waals surface area contributed by atoms with Crippen molar-refractivity contribution in [2.24, 2.45) is 5.92 Å². The predicted octanol–water partition coefficient (Wildman–Crippen LogP) is 1.48. The van der Waals surface area contributed by atoms with Gasteiger partial charge in [-0.05, 0) is 44.0 Å². The standard InChI is InChI=1S/C12H15N3OS.ClH/c13-7-11-4-2-6-15-12(11)17(16)9-10-3-1-5-14-8-10;/h2,4,6,10,14H,1,3,5,8-9H2;1H. The molecule has 2 unspecified atom stereocenters. The highest BCUT2D eigenvalue weighted by Crippen LogP contribution is 2.16. The van der Waals surface area contributed by atoms with Crippen molar-refractivity contribution >= 4 is 23.2 Å². The van der Waals surface area contributed by atoms with Crippen LogP contribution >= 0.6 is 12.4 Å². The molecule has 0 radical (unpaired) electrons. The van der Waals surface area contributed by atoms with E-state index in [-0.39, 0.29) is 12.4 Å². The fraction of sp³-hybridized carbons (Fsp3) is 0.500. The van der Waals surface area contributed by atoms with Gasteiger partial charge in [-0.15, -0.1) is 12.4 Å². The molecular formula is C12H16ClN3OS. The van der Waals surface area contributed by atoms with E-state index in [2.05, 4.69) is 10.3 Å². The van der Waals surface area contributed by atoms with Crippen molar-refractivity contribution < 1.29 is 4.21 Å². The number of hydrogen-bond acceptors (Lipinski definition) is 4. The molecule has 4 nitrogen and oxygen atoms in total. The molecule has 98 valence electrons. The quantitative estimate of drug-likeness (QED) is 0.914. The van der Waals surface area contributed by atoms with Crippen LogP contribution < -0.4 is 5.32 Å². The van der Waals surface area contributed by atoms with Crippen LogP contribution in [0.4, 0.5) is 0 Å². The van der Waals surface area contributed by atoms with E-state index in [0.717, 1.165) is 25.9 Å². The first-order valence-electron chi connectivity index (χ1n) is 5.75. The number of nitrogens with zero attached hydrogens (tertiary/aromatic N) is 2. The topological polar surface area (TPSA) is 65.8 Å². The van der Waals surface area contributed by atoms with Gasteiger partial charge in [0.25, 0.3) is 0 Å². The van der Waals surface area contributed by atoms with Crippen LogP contribution in [-0.4, -0.2) is 28.0 Å². The van der Waals surface area contributed by atoms with Gasteiger partial charge < -0.3 is 5.32 Å². The molecule has 2 atom stereocenters. The number of halogens is 1. The number of aromatic nitrogens is 1. The van der Waals surface area contributed by atoms with E-state index in [1.807, 2.05) is 6.07 Å². The fourth-order valence-corrected chi connectivity index (χ4v) is 3.42. The molecule has 1 aliphatic rings. The first kappa shape index (κ1) is 15.1. The molecular weight excluding hydrogens is 270 g/mol. The van der Waals surface area contributed by atoms with Gasteiger partial charge in [-0.3, -0.25) is 4.21 Å². The second kappa shape index (κ2) is 7.47. The maximum absolute atomic E-state index is 12.2. The molecule has 0 bridgehead atoms. The lowest BCUT2D eigenvalue weighted by Gasteiger charge is -2.21. The van der Waals surface area contributed by atoms with Crippen molar-refractivity contribution in [1.29, 1.82) is 5.26 Å². The van der Waals surface area contributed by atoms with Gasteiger partial charge in [-0.1, -0.05) is 0 Å². The third kappa shape index (κ3) is 3.77. The summed E-state index contributed by atoms with van der Waals surface area (Å²) in [4.78, 5) is 4.07. The van der Waals surface area contributed by atoms with E-state index in [1.54, 1.807) is 18.3 Å². The minimum atomic E-state index is -1.17. The first-order chi connectivity index (χ1) is 8.31. The van der Waals surface area contributed by atoms with Crippen LogP contribution in [0.25, 0.3) is 0 Å². The van der Waals surface area contributed by atoms with E-state index < -0.39 is 10.8 Å². The number of pyridine rings is 1. The summed E-state index contributed by atoms with van der Waals surface area (Å²) in [7, 11) is -1.17. The molecule has 2 rings (SSSR count). The number of piperidine rings is 1. The molecule has 1 N–H and O–H groups in total. The Hall–Kier alpha value is -0.960. The van der Waals surface area contributed by atoms with Gasteiger partial charge in [0.2, 0.25) is 0 Å². The average Bonchev–Trinajstić information content (AvgIpc) is 2.40. The van der Waals surface area contributed by atoms with Crippen LogP contribution in [-0.2, 0) is 10.8 Å². The largest absolute Gasteiger partial charge is 0.316 e. The molecule has 1 aliphatic heterocycles. The zero-order valence-corrected chi connectivity index (χ0v) is 11.6. The Morgan fingerprint density at radius 2 is 2.44 bits per heavy atom. The smallest absolute Gasteiger partial charge is 0.144 e. The Morgan fingerprint density at radius 3 is 3.11 bits per heavy atom. The number of nitriles is 1. The monoisotopic (exact) mass is 285 g/mol. The van der Waals surface area contributed by atoms with E-state index in [9.17, 15) is 4.21 Å². The van der Waals surface area contributed by atoms with Crippen LogP contribution in [0.3, 0.4) is 0 Å². The number of hydrogen-bond donors (Lipinski definition) is 1. The van der Waals surface area contributed by atoms with Crippen molar-refractivity contribution in [1.82, 2.24) is 10.3 Å². The van der Waals surface area contributed by atoms with Gasteiger partial charge in [0.1, 0.15) is 11.1 Å². The number of rotatable bonds is 3. The van der Waals surface area contributed by atoms with Gasteiger partial charge in [0.15, 0.2) is 0 Å². The summed E-state index contributed by atoms with van der Waals surface area (Å²) < 4.78 is 12.2. The average molecular weight is 286 g/mol. The highest BCUT2D eigenvalue weighted by molar-refractivity contribution is 7.85. The minimum absolute atomic E-state index is 0. The van der Waals surface area contributed by atoms with Crippen molar-refractivity contribution in [3.8, 4) is 6.07 Å². The molecule has 1 fully saturated rings. The predicted molar refractivity (Wildman–Crippen MR) is 73.1 cm³/mol. The van der Waals surface area contributed by atoms with Gasteiger partial charge in [0, 0.05) is 11.9 Å². The van der Waals surface area contributed by atoms with Crippen LogP contribution in [0, 0.1) is 17.2 Å². The van der Waals surface area contributed by atoms with Gasteiger partial charge in [-0.2, -0.15) is 5.26 Å². The van der Waals surface area contributed by atoms with Crippen LogP contribution in [0.5, 0.6) is 0 Å². The molecule has 0 saturated carbocycles. The van der Waals surface area contributed by atoms with Crippen molar-refractivity contribution in [3.63, 3.8) is 0 Å². The van der Waals surface area contributed by atoms with E-state index in [0.29, 0.717) is 22.3 Å². The van der Waals surface area contributed by atoms with Gasteiger partial charge in [0.05, 0.1) is 16.4 Å². The summed E-state index contributed by atoms with van der Waals surface area (Å²) in [5.74, 6) is 1.02. The molecule has 0 aliphatic carbocycles. The van der Waals surface area contributed by atoms with Gasteiger partial charge >= 0.3 is 0 Å². The molecule has 6 heteroatoms. The van der Waals surface area contributed by atoms with E-state index >= 15 is 0 Å². The SMILES string of the molecule is Cl.N#Cc1cccnc1S(=O)CC1CCCNC1. The van der Waals surface area contributed by atoms with Crippen molar-refractivity contribution in [2.75, 3.05) is 18.8 Å². The third-order valence-electron chi connectivity index (χ3n) is 2.89. The van der Waals surface area contributed by atoms with Crippen molar-refractivity contribution in [3.05, 3.63) is 23.9 Å². The Balaban J connectivity index is 0.00000162. The third-order valence-corrected chi connectivity index (χ3v) is 4.42. The summed E-state index contributed by atoms with van der Waals surface area (Å²) in [6.07, 6.45) is 3.83. The maximum atomic E-state index is 12.2. The Labute approximate surface area is 116 Å². The summed E-state index contributed by atoms with van der Waals surface area (Å²) in [5, 5.41) is 12.7. The second-order valence-corrected chi connectivity index (χ2v) is 5.60. The highest BCUT2D eigenvalue weighted by Gasteiger charge is 2.19. The normalized spacial score (nSPS) is 20.5. The van der Waals surface area contributed by atoms with E-state index in [4.69, 9.17) is 5.26 Å². The van der Waals surface area contributed by atoms with Crippen LogP contribution in [0.1, 0.15) is 18.4 Å². The molecule has 2 heterocycles. The fourth-order valence-electron chi connectivity index (χ4n) is 2.02. The zero-order chi connectivity index (χ0) is 12.1. The summed E-state index contributed by atoms with van der Waals surface area (Å²) in [5.41, 5.74) is 0.426. The van der Waals surface area contributed by atoms with E-state index in [1.165, 1.54) is 0 Å². The molecule has 1 aromatic rings. The summed E-state index contributed by atoms with van der Waals surface area (Å²) >= 11 is 0. The Morgan fingerprint density at radius 1 is 1.61 bits per heavy atom. The first-order valence-corrected chi connectivity index (χ1v) is 7.07. The lowest BCUT2D eigenvalue weighted by atomic mass is 10.0. The highest BCUT2D eigenvalue weighted by atomic mass is 35.5. The van der Waals surface area contributed by atoms with Crippen LogP contribution in [0.15, 0.2) is 23.4 Å². The summed E-state index contributed by atoms with van der Waals surface area (Å²) in [6.45, 7) is 1.97. The van der Waals surface area contributed by atoms with Gasteiger partial charge in [-0.25, -0.2) is 4.98 Å². The molecule has 0 spiro atoms. The number of nitrogens with one attached hydrogen (secondary N) is 1. The Bertz CT molecular complexity index is 455. The molecule has 1 aromatic heterocycles.